The molecule has 1 aromatic carbocycles. The molecule has 114 valence electrons. The zero-order valence-corrected chi connectivity index (χ0v) is 12.4. The van der Waals surface area contributed by atoms with Crippen molar-refractivity contribution in [3.05, 3.63) is 28.8 Å². The van der Waals surface area contributed by atoms with E-state index in [9.17, 15) is 13.2 Å². The average molecular weight is 289 g/mol. The molecule has 0 aliphatic carbocycles. The zero-order chi connectivity index (χ0) is 15.3. The third-order valence-electron chi connectivity index (χ3n) is 3.24. The second kappa shape index (κ2) is 6.97. The number of hydrogen-bond donors (Lipinski definition) is 1. The molecule has 0 aromatic heterocycles. The topological polar surface area (TPSA) is 21.3 Å². The summed E-state index contributed by atoms with van der Waals surface area (Å²) >= 11 is 0. The Bertz CT molecular complexity index is 443. The van der Waals surface area contributed by atoms with Crippen LogP contribution in [0.3, 0.4) is 0 Å². The van der Waals surface area contributed by atoms with Gasteiger partial charge >= 0.3 is 6.18 Å². The highest BCUT2D eigenvalue weighted by atomic mass is 19.4. The van der Waals surface area contributed by atoms with E-state index in [0.717, 1.165) is 17.5 Å². The Morgan fingerprint density at radius 3 is 2.35 bits per heavy atom. The van der Waals surface area contributed by atoms with Gasteiger partial charge in [0.1, 0.15) is 5.75 Å². The van der Waals surface area contributed by atoms with Crippen LogP contribution in [0, 0.1) is 13.8 Å². The molecule has 5 heteroatoms. The molecular formula is C15H22F3NO. The second-order valence-corrected chi connectivity index (χ2v) is 5.00. The van der Waals surface area contributed by atoms with E-state index in [0.29, 0.717) is 17.9 Å². The van der Waals surface area contributed by atoms with Crippen molar-refractivity contribution in [2.75, 3.05) is 13.7 Å². The molecule has 2 nitrogen and oxygen atoms in total. The van der Waals surface area contributed by atoms with Crippen molar-refractivity contribution in [2.24, 2.45) is 0 Å². The van der Waals surface area contributed by atoms with Gasteiger partial charge in [-0.05, 0) is 49.6 Å². The van der Waals surface area contributed by atoms with E-state index in [1.54, 1.807) is 19.2 Å². The first-order valence-corrected chi connectivity index (χ1v) is 6.73. The molecule has 0 aliphatic rings. The number of halogens is 3. The first kappa shape index (κ1) is 16.8. The van der Waals surface area contributed by atoms with E-state index in [1.807, 2.05) is 20.8 Å². The molecule has 0 amide bonds. The number of benzene rings is 1. The van der Waals surface area contributed by atoms with Crippen LogP contribution in [0.2, 0.25) is 0 Å². The normalized spacial score (nSPS) is 13.3. The van der Waals surface area contributed by atoms with E-state index in [4.69, 9.17) is 4.74 Å². The number of ether oxygens (including phenoxy) is 1. The standard InChI is InChI=1S/C15H22F3NO/c1-5-6-19-13(9-15(16,17)18)12-7-11(3)14(20-4)8-10(12)2/h7-8,13,19H,5-6,9H2,1-4H3. The Hall–Kier alpha value is -1.23. The number of hydrogen-bond acceptors (Lipinski definition) is 2. The van der Waals surface area contributed by atoms with Gasteiger partial charge in [-0.3, -0.25) is 0 Å². The van der Waals surface area contributed by atoms with E-state index in [2.05, 4.69) is 5.32 Å². The molecule has 0 radical (unpaired) electrons. The minimum absolute atomic E-state index is 0.561. The van der Waals surface area contributed by atoms with Crippen LogP contribution in [-0.2, 0) is 0 Å². The van der Waals surface area contributed by atoms with Gasteiger partial charge in [0.15, 0.2) is 0 Å². The molecule has 0 bridgehead atoms. The summed E-state index contributed by atoms with van der Waals surface area (Å²) in [6, 6.07) is 2.87. The average Bonchev–Trinajstić information content (AvgIpc) is 2.35. The van der Waals surface area contributed by atoms with Crippen molar-refractivity contribution in [3.8, 4) is 5.75 Å². The van der Waals surface area contributed by atoms with Crippen molar-refractivity contribution in [1.29, 1.82) is 0 Å². The number of aryl methyl sites for hydroxylation is 2. The maximum absolute atomic E-state index is 12.7. The van der Waals surface area contributed by atoms with Crippen LogP contribution in [0.5, 0.6) is 5.75 Å². The number of methoxy groups -OCH3 is 1. The molecule has 0 spiro atoms. The Kier molecular flexibility index (Phi) is 5.87. The lowest BCUT2D eigenvalue weighted by Crippen LogP contribution is -2.28. The molecule has 1 N–H and O–H groups in total. The fraction of sp³-hybridized carbons (Fsp3) is 0.600. The molecule has 20 heavy (non-hydrogen) atoms. The van der Waals surface area contributed by atoms with Crippen LogP contribution >= 0.6 is 0 Å². The van der Waals surface area contributed by atoms with Gasteiger partial charge < -0.3 is 10.1 Å². The maximum atomic E-state index is 12.7. The second-order valence-electron chi connectivity index (χ2n) is 5.00. The highest BCUT2D eigenvalue weighted by Gasteiger charge is 2.33. The van der Waals surface area contributed by atoms with E-state index in [1.165, 1.54) is 0 Å². The van der Waals surface area contributed by atoms with Crippen molar-refractivity contribution in [3.63, 3.8) is 0 Å². The Balaban J connectivity index is 3.09. The van der Waals surface area contributed by atoms with Crippen LogP contribution in [-0.4, -0.2) is 19.8 Å². The lowest BCUT2D eigenvalue weighted by molar-refractivity contribution is -0.140. The molecule has 0 saturated heterocycles. The summed E-state index contributed by atoms with van der Waals surface area (Å²) < 4.78 is 43.4. The molecule has 0 fully saturated rings. The van der Waals surface area contributed by atoms with Crippen molar-refractivity contribution >= 4 is 0 Å². The summed E-state index contributed by atoms with van der Waals surface area (Å²) in [6.45, 7) is 6.15. The van der Waals surface area contributed by atoms with Gasteiger partial charge in [-0.25, -0.2) is 0 Å². The number of rotatable bonds is 6. The van der Waals surface area contributed by atoms with Gasteiger partial charge in [-0.2, -0.15) is 13.2 Å². The molecule has 0 saturated carbocycles. The van der Waals surface area contributed by atoms with Gasteiger partial charge in [0.05, 0.1) is 13.5 Å². The predicted octanol–water partition coefficient (Wildman–Crippen LogP) is 4.31. The van der Waals surface area contributed by atoms with Crippen molar-refractivity contribution < 1.29 is 17.9 Å². The van der Waals surface area contributed by atoms with Crippen LogP contribution in [0.1, 0.15) is 42.5 Å². The predicted molar refractivity (Wildman–Crippen MR) is 74.2 cm³/mol. The summed E-state index contributed by atoms with van der Waals surface area (Å²) in [6.07, 6.45) is -4.26. The number of nitrogens with one attached hydrogen (secondary N) is 1. The van der Waals surface area contributed by atoms with Gasteiger partial charge in [0.2, 0.25) is 0 Å². The summed E-state index contributed by atoms with van der Waals surface area (Å²) in [7, 11) is 1.56. The maximum Gasteiger partial charge on any atom is 0.390 e. The highest BCUT2D eigenvalue weighted by molar-refractivity contribution is 5.43. The Morgan fingerprint density at radius 2 is 1.85 bits per heavy atom. The minimum atomic E-state index is -4.19. The number of alkyl halides is 3. The van der Waals surface area contributed by atoms with Gasteiger partial charge in [-0.1, -0.05) is 13.0 Å². The first-order chi connectivity index (χ1) is 9.28. The SMILES string of the molecule is CCCNC(CC(F)(F)F)c1cc(C)c(OC)cc1C. The zero-order valence-electron chi connectivity index (χ0n) is 12.4. The fourth-order valence-corrected chi connectivity index (χ4v) is 2.25. The molecule has 1 unspecified atom stereocenters. The smallest absolute Gasteiger partial charge is 0.390 e. The molecule has 0 aliphatic heterocycles. The summed E-state index contributed by atoms with van der Waals surface area (Å²) in [5, 5.41) is 2.99. The van der Waals surface area contributed by atoms with Gasteiger partial charge in [0.25, 0.3) is 0 Å². The molecule has 1 atom stereocenters. The van der Waals surface area contributed by atoms with Crippen molar-refractivity contribution in [2.45, 2.75) is 45.8 Å². The van der Waals surface area contributed by atoms with Crippen LogP contribution < -0.4 is 10.1 Å². The van der Waals surface area contributed by atoms with Gasteiger partial charge in [-0.15, -0.1) is 0 Å². The fourth-order valence-electron chi connectivity index (χ4n) is 2.25. The molecule has 1 aromatic rings. The largest absolute Gasteiger partial charge is 0.496 e. The van der Waals surface area contributed by atoms with E-state index < -0.39 is 18.6 Å². The molecule has 1 rings (SSSR count). The monoisotopic (exact) mass is 289 g/mol. The molecule has 0 heterocycles. The highest BCUT2D eigenvalue weighted by Crippen LogP contribution is 2.33. The van der Waals surface area contributed by atoms with E-state index in [-0.39, 0.29) is 0 Å². The molecular weight excluding hydrogens is 267 g/mol. The van der Waals surface area contributed by atoms with Crippen molar-refractivity contribution in [1.82, 2.24) is 5.32 Å². The quantitative estimate of drug-likeness (QED) is 0.842. The Labute approximate surface area is 118 Å². The minimum Gasteiger partial charge on any atom is -0.496 e. The Morgan fingerprint density at radius 1 is 1.20 bits per heavy atom. The van der Waals surface area contributed by atoms with Crippen LogP contribution in [0.4, 0.5) is 13.2 Å². The third-order valence-corrected chi connectivity index (χ3v) is 3.24. The summed E-state index contributed by atoms with van der Waals surface area (Å²) in [4.78, 5) is 0. The lowest BCUT2D eigenvalue weighted by atomic mass is 9.95. The van der Waals surface area contributed by atoms with Crippen LogP contribution in [0.15, 0.2) is 12.1 Å². The third kappa shape index (κ3) is 4.71. The lowest BCUT2D eigenvalue weighted by Gasteiger charge is -2.23. The summed E-state index contributed by atoms with van der Waals surface area (Å²) in [5.41, 5.74) is 2.35. The van der Waals surface area contributed by atoms with Crippen LogP contribution in [0.25, 0.3) is 0 Å². The van der Waals surface area contributed by atoms with Gasteiger partial charge in [0, 0.05) is 6.04 Å². The van der Waals surface area contributed by atoms with E-state index >= 15 is 0 Å². The first-order valence-electron chi connectivity index (χ1n) is 6.73. The summed E-state index contributed by atoms with van der Waals surface area (Å²) in [5.74, 6) is 0.701.